The number of halogens is 1. The predicted octanol–water partition coefficient (Wildman–Crippen LogP) is 2.84. The van der Waals surface area contributed by atoms with Gasteiger partial charge in [-0.2, -0.15) is 0 Å². The summed E-state index contributed by atoms with van der Waals surface area (Å²) in [5.74, 6) is -1.38. The van der Waals surface area contributed by atoms with Crippen molar-refractivity contribution in [2.75, 3.05) is 10.6 Å². The van der Waals surface area contributed by atoms with Crippen LogP contribution in [0.1, 0.15) is 19.8 Å². The van der Waals surface area contributed by atoms with Gasteiger partial charge in [0.05, 0.1) is 5.57 Å². The molecule has 2 aromatic carbocycles. The number of rotatable bonds is 4. The smallest absolute Gasteiger partial charge is 0.337 e. The highest BCUT2D eigenvalue weighted by Crippen LogP contribution is 2.30. The van der Waals surface area contributed by atoms with Crippen molar-refractivity contribution in [3.8, 4) is 0 Å². The molecule has 0 saturated heterocycles. The number of para-hydroxylation sites is 1. The van der Waals surface area contributed by atoms with E-state index in [9.17, 15) is 19.2 Å². The van der Waals surface area contributed by atoms with Crippen LogP contribution in [0, 0.1) is 0 Å². The fraction of sp³-hybridized carbons (Fsp3) is 0.167. The number of hydrogen-bond acceptors (Lipinski definition) is 5. The lowest BCUT2D eigenvalue weighted by atomic mass is 9.96. The number of hydrogen-bond donors (Lipinski definition) is 5. The first-order chi connectivity index (χ1) is 16.8. The van der Waals surface area contributed by atoms with Crippen molar-refractivity contribution < 1.29 is 19.2 Å². The van der Waals surface area contributed by atoms with Crippen LogP contribution in [0.15, 0.2) is 77.8 Å². The Morgan fingerprint density at radius 3 is 2.46 bits per heavy atom. The molecule has 0 aromatic heterocycles. The molecule has 10 nitrogen and oxygen atoms in total. The van der Waals surface area contributed by atoms with E-state index in [2.05, 4.69) is 26.8 Å². The standard InChI is InChI=1S/C24H23ClN6O4/c1-14-10-11-18(21(32)27-16-7-3-2-4-8-16)20-26-13-19(23(34)31(14)20)22(33)29-30-24(35)28-17-9-5-6-15(25)12-17/h2-9,12-14,26H,10-11H2,1H3,(H,27,32)(H,29,33)(H2,28,30,35). The van der Waals surface area contributed by atoms with Crippen molar-refractivity contribution in [2.45, 2.75) is 25.8 Å². The van der Waals surface area contributed by atoms with Gasteiger partial charge in [0.2, 0.25) is 0 Å². The minimum atomic E-state index is -0.809. The Morgan fingerprint density at radius 2 is 1.71 bits per heavy atom. The molecule has 2 aliphatic rings. The first kappa shape index (κ1) is 23.8. The van der Waals surface area contributed by atoms with Crippen molar-refractivity contribution in [1.82, 2.24) is 21.1 Å². The third-order valence-corrected chi connectivity index (χ3v) is 5.74. The lowest BCUT2D eigenvalue weighted by Gasteiger charge is -2.39. The zero-order valence-corrected chi connectivity index (χ0v) is 19.5. The molecule has 1 unspecified atom stereocenters. The van der Waals surface area contributed by atoms with Crippen molar-refractivity contribution in [3.63, 3.8) is 0 Å². The summed E-state index contributed by atoms with van der Waals surface area (Å²) >= 11 is 5.88. The lowest BCUT2D eigenvalue weighted by Crippen LogP contribution is -2.53. The van der Waals surface area contributed by atoms with E-state index in [1.54, 1.807) is 30.3 Å². The zero-order chi connectivity index (χ0) is 24.9. The van der Waals surface area contributed by atoms with Gasteiger partial charge >= 0.3 is 6.03 Å². The molecule has 0 radical (unpaired) electrons. The van der Waals surface area contributed by atoms with E-state index in [1.165, 1.54) is 17.2 Å². The van der Waals surface area contributed by atoms with Crippen LogP contribution < -0.4 is 26.8 Å². The number of urea groups is 1. The number of nitrogens with one attached hydrogen (secondary N) is 5. The number of anilines is 2. The maximum absolute atomic E-state index is 13.2. The minimum Gasteiger partial charge on any atom is -0.347 e. The zero-order valence-electron chi connectivity index (χ0n) is 18.7. The summed E-state index contributed by atoms with van der Waals surface area (Å²) in [5.41, 5.74) is 5.67. The third-order valence-electron chi connectivity index (χ3n) is 5.50. The first-order valence-electron chi connectivity index (χ1n) is 10.9. The summed E-state index contributed by atoms with van der Waals surface area (Å²) in [5, 5.41) is 8.70. The molecule has 2 aromatic rings. The van der Waals surface area contributed by atoms with E-state index in [1.807, 2.05) is 25.1 Å². The van der Waals surface area contributed by atoms with E-state index in [-0.39, 0.29) is 17.5 Å². The number of carbonyl (C=O) groups excluding carboxylic acids is 4. The van der Waals surface area contributed by atoms with Crippen molar-refractivity contribution >= 4 is 46.7 Å². The summed E-state index contributed by atoms with van der Waals surface area (Å²) in [6.45, 7) is 1.84. The van der Waals surface area contributed by atoms with Crippen LogP contribution in [-0.2, 0) is 14.4 Å². The molecular formula is C24H23ClN6O4. The second-order valence-corrected chi connectivity index (χ2v) is 8.39. The van der Waals surface area contributed by atoms with Gasteiger partial charge in [0, 0.05) is 28.6 Å². The van der Waals surface area contributed by atoms with Gasteiger partial charge in [-0.3, -0.25) is 24.7 Å². The molecule has 0 aliphatic carbocycles. The van der Waals surface area contributed by atoms with E-state index < -0.39 is 17.8 Å². The number of amides is 5. The molecule has 180 valence electrons. The van der Waals surface area contributed by atoms with Gasteiger partial charge in [-0.1, -0.05) is 35.9 Å². The summed E-state index contributed by atoms with van der Waals surface area (Å²) in [7, 11) is 0. The Hall–Kier alpha value is -4.31. The maximum atomic E-state index is 13.2. The van der Waals surface area contributed by atoms with Crippen LogP contribution in [0.4, 0.5) is 16.2 Å². The normalized spacial score (nSPS) is 17.0. The van der Waals surface area contributed by atoms with Gasteiger partial charge in [-0.05, 0) is 50.1 Å². The van der Waals surface area contributed by atoms with E-state index in [0.29, 0.717) is 40.6 Å². The topological polar surface area (TPSA) is 132 Å². The SMILES string of the molecule is CC1CCC(C(=O)Nc2ccccc2)=C2NC=C(C(=O)NNC(=O)Nc3cccc(Cl)c3)C(=O)N21. The number of benzene rings is 2. The lowest BCUT2D eigenvalue weighted by molar-refractivity contribution is -0.131. The molecule has 11 heteroatoms. The molecule has 0 saturated carbocycles. The Labute approximate surface area is 206 Å². The highest BCUT2D eigenvalue weighted by atomic mass is 35.5. The van der Waals surface area contributed by atoms with E-state index in [0.717, 1.165) is 0 Å². The Bertz CT molecular complexity index is 1240. The van der Waals surface area contributed by atoms with Crippen molar-refractivity contribution in [3.05, 3.63) is 82.8 Å². The van der Waals surface area contributed by atoms with Crippen LogP contribution in [0.5, 0.6) is 0 Å². The fourth-order valence-corrected chi connectivity index (χ4v) is 3.97. The molecular weight excluding hydrogens is 472 g/mol. The van der Waals surface area contributed by atoms with Crippen LogP contribution >= 0.6 is 11.6 Å². The van der Waals surface area contributed by atoms with E-state index in [4.69, 9.17) is 11.6 Å². The molecule has 0 bridgehead atoms. The summed E-state index contributed by atoms with van der Waals surface area (Å²) in [6, 6.07) is 14.5. The molecule has 5 N–H and O–H groups in total. The average molecular weight is 495 g/mol. The quantitative estimate of drug-likeness (QED) is 0.329. The number of hydrazine groups is 1. The Balaban J connectivity index is 1.44. The van der Waals surface area contributed by atoms with Crippen LogP contribution in [-0.4, -0.2) is 34.7 Å². The second kappa shape index (κ2) is 10.3. The molecule has 0 fully saturated rings. The van der Waals surface area contributed by atoms with Gasteiger partial charge < -0.3 is 16.0 Å². The molecule has 5 amide bonds. The number of nitrogens with zero attached hydrogens (tertiary/aromatic N) is 1. The summed E-state index contributed by atoms with van der Waals surface area (Å²) < 4.78 is 0. The Morgan fingerprint density at radius 1 is 0.971 bits per heavy atom. The summed E-state index contributed by atoms with van der Waals surface area (Å²) in [4.78, 5) is 52.2. The molecule has 35 heavy (non-hydrogen) atoms. The molecule has 2 aliphatic heterocycles. The predicted molar refractivity (Wildman–Crippen MR) is 131 cm³/mol. The van der Waals surface area contributed by atoms with Crippen LogP contribution in [0.3, 0.4) is 0 Å². The minimum absolute atomic E-state index is 0.214. The molecule has 0 spiro atoms. The van der Waals surface area contributed by atoms with E-state index >= 15 is 0 Å². The first-order valence-corrected chi connectivity index (χ1v) is 11.2. The van der Waals surface area contributed by atoms with Gasteiger partial charge in [0.1, 0.15) is 11.4 Å². The molecule has 2 heterocycles. The largest absolute Gasteiger partial charge is 0.347 e. The highest BCUT2D eigenvalue weighted by Gasteiger charge is 2.38. The maximum Gasteiger partial charge on any atom is 0.337 e. The number of fused-ring (bicyclic) bond motifs is 1. The molecule has 4 rings (SSSR count). The monoisotopic (exact) mass is 494 g/mol. The third kappa shape index (κ3) is 5.44. The second-order valence-electron chi connectivity index (χ2n) is 7.96. The number of carbonyl (C=O) groups is 4. The highest BCUT2D eigenvalue weighted by molar-refractivity contribution is 6.30. The van der Waals surface area contributed by atoms with Gasteiger partial charge in [0.15, 0.2) is 0 Å². The van der Waals surface area contributed by atoms with Gasteiger partial charge in [-0.25, -0.2) is 10.2 Å². The van der Waals surface area contributed by atoms with Gasteiger partial charge in [0.25, 0.3) is 17.7 Å². The van der Waals surface area contributed by atoms with Crippen molar-refractivity contribution in [2.24, 2.45) is 0 Å². The van der Waals surface area contributed by atoms with Gasteiger partial charge in [-0.15, -0.1) is 0 Å². The van der Waals surface area contributed by atoms with Crippen LogP contribution in [0.2, 0.25) is 5.02 Å². The Kier molecular flexibility index (Phi) is 7.02. The fourth-order valence-electron chi connectivity index (χ4n) is 3.78. The summed E-state index contributed by atoms with van der Waals surface area (Å²) in [6.07, 6.45) is 2.24. The molecule has 1 atom stereocenters. The average Bonchev–Trinajstić information content (AvgIpc) is 2.83. The van der Waals surface area contributed by atoms with Crippen LogP contribution in [0.25, 0.3) is 0 Å². The van der Waals surface area contributed by atoms with Crippen molar-refractivity contribution in [1.29, 1.82) is 0 Å².